The average Bonchev–Trinajstić information content (AvgIpc) is 2.26. The van der Waals surface area contributed by atoms with Crippen molar-refractivity contribution in [1.82, 2.24) is 5.32 Å². The first kappa shape index (κ1) is 14.7. The number of carboxylic acid groups (broad SMARTS) is 1. The van der Waals surface area contributed by atoms with E-state index in [0.717, 1.165) is 10.0 Å². The molecule has 18 heavy (non-hydrogen) atoms. The normalized spacial score (nSPS) is 12.1. The van der Waals surface area contributed by atoms with Crippen LogP contribution in [0.15, 0.2) is 22.7 Å². The van der Waals surface area contributed by atoms with Crippen LogP contribution < -0.4 is 11.1 Å². The summed E-state index contributed by atoms with van der Waals surface area (Å²) in [5, 5.41) is 12.0. The first-order chi connectivity index (χ1) is 8.40. The summed E-state index contributed by atoms with van der Waals surface area (Å²) >= 11 is 3.32. The molecule has 1 aromatic carbocycles. The number of carboxylic acids is 1. The van der Waals surface area contributed by atoms with E-state index in [4.69, 9.17) is 10.8 Å². The number of halogens is 1. The highest BCUT2D eigenvalue weighted by Crippen LogP contribution is 2.18. The summed E-state index contributed by atoms with van der Waals surface area (Å²) in [4.78, 5) is 21.5. The van der Waals surface area contributed by atoms with Gasteiger partial charge in [-0.25, -0.2) is 4.79 Å². The Labute approximate surface area is 113 Å². The van der Waals surface area contributed by atoms with Crippen LogP contribution in [-0.2, 0) is 11.3 Å². The third-order valence-electron chi connectivity index (χ3n) is 2.45. The van der Waals surface area contributed by atoms with Gasteiger partial charge in [0, 0.05) is 23.5 Å². The number of carbonyl (C=O) groups excluding carboxylic acids is 1. The fourth-order valence-corrected chi connectivity index (χ4v) is 2.00. The molecule has 5 nitrogen and oxygen atoms in total. The van der Waals surface area contributed by atoms with Crippen molar-refractivity contribution >= 4 is 27.8 Å². The number of nitrogens with one attached hydrogen (secondary N) is 1. The molecule has 0 aliphatic rings. The van der Waals surface area contributed by atoms with Crippen LogP contribution in [0.25, 0.3) is 0 Å². The third-order valence-corrected chi connectivity index (χ3v) is 3.19. The Hall–Kier alpha value is -1.40. The molecule has 1 unspecified atom stereocenters. The van der Waals surface area contributed by atoms with Crippen LogP contribution in [0.2, 0.25) is 0 Å². The predicted molar refractivity (Wildman–Crippen MR) is 71.2 cm³/mol. The zero-order valence-corrected chi connectivity index (χ0v) is 11.5. The summed E-state index contributed by atoms with van der Waals surface area (Å²) in [5.41, 5.74) is 6.25. The zero-order valence-electron chi connectivity index (χ0n) is 9.94. The van der Waals surface area contributed by atoms with E-state index in [1.54, 1.807) is 18.2 Å². The van der Waals surface area contributed by atoms with E-state index in [9.17, 15) is 9.59 Å². The summed E-state index contributed by atoms with van der Waals surface area (Å²) in [6.07, 6.45) is 0.269. The topological polar surface area (TPSA) is 92.4 Å². The monoisotopic (exact) mass is 314 g/mol. The van der Waals surface area contributed by atoms with E-state index < -0.39 is 5.97 Å². The lowest BCUT2D eigenvalue weighted by Crippen LogP contribution is -2.30. The van der Waals surface area contributed by atoms with Gasteiger partial charge in [0.1, 0.15) is 0 Å². The second-order valence-electron chi connectivity index (χ2n) is 4.06. The van der Waals surface area contributed by atoms with Gasteiger partial charge in [0.05, 0.1) is 5.56 Å². The smallest absolute Gasteiger partial charge is 0.335 e. The summed E-state index contributed by atoms with van der Waals surface area (Å²) < 4.78 is 0.723. The molecule has 0 aliphatic carbocycles. The van der Waals surface area contributed by atoms with Crippen molar-refractivity contribution in [1.29, 1.82) is 0 Å². The van der Waals surface area contributed by atoms with Gasteiger partial charge in [-0.3, -0.25) is 4.79 Å². The van der Waals surface area contributed by atoms with Crippen LogP contribution in [0.3, 0.4) is 0 Å². The highest BCUT2D eigenvalue weighted by atomic mass is 79.9. The molecule has 4 N–H and O–H groups in total. The number of hydrogen-bond acceptors (Lipinski definition) is 3. The molecule has 0 heterocycles. The van der Waals surface area contributed by atoms with E-state index in [-0.39, 0.29) is 23.9 Å². The maximum absolute atomic E-state index is 10.8. The van der Waals surface area contributed by atoms with Gasteiger partial charge < -0.3 is 16.2 Å². The highest BCUT2D eigenvalue weighted by molar-refractivity contribution is 9.10. The first-order valence-electron chi connectivity index (χ1n) is 5.43. The van der Waals surface area contributed by atoms with Crippen molar-refractivity contribution in [3.8, 4) is 0 Å². The van der Waals surface area contributed by atoms with Crippen molar-refractivity contribution < 1.29 is 14.7 Å². The highest BCUT2D eigenvalue weighted by Gasteiger charge is 2.09. The van der Waals surface area contributed by atoms with Crippen molar-refractivity contribution in [2.75, 3.05) is 0 Å². The quantitative estimate of drug-likeness (QED) is 0.742. The molecule has 0 saturated carbocycles. The van der Waals surface area contributed by atoms with Crippen LogP contribution in [0.4, 0.5) is 0 Å². The Balaban J connectivity index is 2.63. The number of aromatic carboxylic acids is 1. The van der Waals surface area contributed by atoms with Gasteiger partial charge in [0.25, 0.3) is 0 Å². The van der Waals surface area contributed by atoms with Gasteiger partial charge in [-0.2, -0.15) is 0 Å². The fourth-order valence-electron chi connectivity index (χ4n) is 1.48. The number of rotatable bonds is 6. The number of nitrogens with two attached hydrogens (primary N) is 1. The molecular formula is C12H15BrN2O3. The van der Waals surface area contributed by atoms with E-state index >= 15 is 0 Å². The minimum absolute atomic E-state index is 0.0199. The van der Waals surface area contributed by atoms with Gasteiger partial charge >= 0.3 is 5.97 Å². The lowest BCUT2D eigenvalue weighted by molar-refractivity contribution is -0.118. The molecule has 0 bridgehead atoms. The lowest BCUT2D eigenvalue weighted by Gasteiger charge is -2.13. The standard InChI is InChI=1S/C12H15BrN2O3/c1-7(4-11(14)16)15-6-9-3-2-8(12(17)18)5-10(9)13/h2-3,5,7,15H,4,6H2,1H3,(H2,14,16)(H,17,18). The fraction of sp³-hybridized carbons (Fsp3) is 0.333. The van der Waals surface area contributed by atoms with E-state index in [0.29, 0.717) is 6.54 Å². The van der Waals surface area contributed by atoms with Crippen molar-refractivity contribution in [2.45, 2.75) is 25.9 Å². The zero-order chi connectivity index (χ0) is 13.7. The molecule has 0 saturated heterocycles. The molecule has 1 rings (SSSR count). The van der Waals surface area contributed by atoms with Crippen LogP contribution >= 0.6 is 15.9 Å². The Kier molecular flexibility index (Phi) is 5.30. The molecule has 0 radical (unpaired) electrons. The van der Waals surface area contributed by atoms with Crippen molar-refractivity contribution in [3.63, 3.8) is 0 Å². The molecule has 0 fully saturated rings. The number of primary amides is 1. The minimum atomic E-state index is -0.961. The Bertz CT molecular complexity index is 463. The molecule has 98 valence electrons. The van der Waals surface area contributed by atoms with Crippen LogP contribution in [0.5, 0.6) is 0 Å². The molecule has 1 atom stereocenters. The Morgan fingerprint density at radius 1 is 1.50 bits per heavy atom. The molecule has 6 heteroatoms. The maximum atomic E-state index is 10.8. The Morgan fingerprint density at radius 2 is 2.17 bits per heavy atom. The van der Waals surface area contributed by atoms with E-state index in [1.807, 2.05) is 6.92 Å². The van der Waals surface area contributed by atoms with Gasteiger partial charge in [0.15, 0.2) is 0 Å². The Morgan fingerprint density at radius 3 is 2.67 bits per heavy atom. The van der Waals surface area contributed by atoms with Crippen LogP contribution in [0, 0.1) is 0 Å². The second kappa shape index (κ2) is 6.51. The van der Waals surface area contributed by atoms with E-state index in [2.05, 4.69) is 21.2 Å². The van der Waals surface area contributed by atoms with Gasteiger partial charge in [-0.1, -0.05) is 22.0 Å². The molecular weight excluding hydrogens is 300 g/mol. The van der Waals surface area contributed by atoms with Gasteiger partial charge in [-0.15, -0.1) is 0 Å². The third kappa shape index (κ3) is 4.46. The van der Waals surface area contributed by atoms with Crippen molar-refractivity contribution in [2.24, 2.45) is 5.73 Å². The summed E-state index contributed by atoms with van der Waals surface area (Å²) in [6, 6.07) is 4.81. The number of amides is 1. The summed E-state index contributed by atoms with van der Waals surface area (Å²) in [5.74, 6) is -1.31. The molecule has 0 spiro atoms. The number of benzene rings is 1. The molecule has 1 aromatic rings. The molecule has 1 amide bonds. The number of hydrogen-bond donors (Lipinski definition) is 3. The average molecular weight is 315 g/mol. The van der Waals surface area contributed by atoms with Crippen LogP contribution in [-0.4, -0.2) is 23.0 Å². The van der Waals surface area contributed by atoms with Gasteiger partial charge in [-0.05, 0) is 24.6 Å². The first-order valence-corrected chi connectivity index (χ1v) is 6.23. The summed E-state index contributed by atoms with van der Waals surface area (Å²) in [6.45, 7) is 2.40. The largest absolute Gasteiger partial charge is 0.478 e. The lowest BCUT2D eigenvalue weighted by atomic mass is 10.1. The SMILES string of the molecule is CC(CC(N)=O)NCc1ccc(C(=O)O)cc1Br. The van der Waals surface area contributed by atoms with Crippen molar-refractivity contribution in [3.05, 3.63) is 33.8 Å². The van der Waals surface area contributed by atoms with Crippen LogP contribution in [0.1, 0.15) is 29.3 Å². The van der Waals surface area contributed by atoms with Gasteiger partial charge in [0.2, 0.25) is 5.91 Å². The molecule has 0 aromatic heterocycles. The second-order valence-corrected chi connectivity index (χ2v) is 4.92. The maximum Gasteiger partial charge on any atom is 0.335 e. The van der Waals surface area contributed by atoms with E-state index in [1.165, 1.54) is 0 Å². The predicted octanol–water partition coefficient (Wildman–Crippen LogP) is 1.50. The minimum Gasteiger partial charge on any atom is -0.478 e. The summed E-state index contributed by atoms with van der Waals surface area (Å²) in [7, 11) is 0. The molecule has 0 aliphatic heterocycles. The number of carbonyl (C=O) groups is 2.